The molecule has 0 bridgehead atoms. The molecular weight excluding hydrogens is 494 g/mol. The van der Waals surface area contributed by atoms with Crippen LogP contribution in [0.15, 0.2) is 58.8 Å². The largest absolute Gasteiger partial charge is 0.399 e. The average molecular weight is 526 g/mol. The highest BCUT2D eigenvalue weighted by atomic mass is 35.5. The van der Waals surface area contributed by atoms with Crippen molar-refractivity contribution in [3.8, 4) is 0 Å². The lowest BCUT2D eigenvalue weighted by molar-refractivity contribution is 0.561. The Hall–Kier alpha value is -2.26. The van der Waals surface area contributed by atoms with Crippen molar-refractivity contribution in [1.82, 2.24) is 0 Å². The van der Waals surface area contributed by atoms with E-state index in [4.69, 9.17) is 22.3 Å². The van der Waals surface area contributed by atoms with Crippen LogP contribution in [-0.2, 0) is 0 Å². The van der Waals surface area contributed by atoms with E-state index in [-0.39, 0.29) is 61.3 Å². The lowest BCUT2D eigenvalue weighted by Crippen LogP contribution is -2.38. The molecule has 0 unspecified atom stereocenters. The second kappa shape index (κ2) is 14.0. The van der Waals surface area contributed by atoms with Gasteiger partial charge in [-0.2, -0.15) is 10.2 Å². The van der Waals surface area contributed by atoms with Crippen LogP contribution in [0.4, 0.5) is 22.7 Å². The van der Waals surface area contributed by atoms with E-state index < -0.39 is 11.1 Å². The molecule has 0 amide bonds. The number of halogens is 4. The van der Waals surface area contributed by atoms with Crippen molar-refractivity contribution in [2.24, 2.45) is 10.2 Å². The van der Waals surface area contributed by atoms with Crippen LogP contribution < -0.4 is 22.1 Å². The predicted molar refractivity (Wildman–Crippen MR) is 146 cm³/mol. The van der Waals surface area contributed by atoms with Gasteiger partial charge < -0.3 is 22.1 Å². The highest BCUT2D eigenvalue weighted by Crippen LogP contribution is 2.21. The molecule has 2 aromatic rings. The van der Waals surface area contributed by atoms with Crippen LogP contribution in [0.3, 0.4) is 0 Å². The molecule has 8 nitrogen and oxygen atoms in total. The van der Waals surface area contributed by atoms with Gasteiger partial charge in [0.1, 0.15) is 22.7 Å². The Labute approximate surface area is 214 Å². The Morgan fingerprint density at radius 1 is 0.688 bits per heavy atom. The lowest BCUT2D eigenvalue weighted by atomic mass is 10.0. The fourth-order valence-corrected chi connectivity index (χ4v) is 2.18. The van der Waals surface area contributed by atoms with Crippen molar-refractivity contribution in [2.75, 3.05) is 22.1 Å². The summed E-state index contributed by atoms with van der Waals surface area (Å²) in [5, 5.41) is 31.3. The third-order valence-electron chi connectivity index (χ3n) is 4.09. The molecule has 2 rings (SSSR count). The van der Waals surface area contributed by atoms with Crippen molar-refractivity contribution in [2.45, 2.75) is 38.8 Å². The Morgan fingerprint density at radius 2 is 1.00 bits per heavy atom. The number of amidine groups is 2. The molecule has 12 heteroatoms. The molecule has 0 saturated heterocycles. The molecule has 8 N–H and O–H groups in total. The zero-order valence-corrected chi connectivity index (χ0v) is 21.6. The maximum Gasteiger partial charge on any atom is 0.133 e. The second-order valence-corrected chi connectivity index (χ2v) is 7.57. The summed E-state index contributed by atoms with van der Waals surface area (Å²) in [6.07, 6.45) is 0. The summed E-state index contributed by atoms with van der Waals surface area (Å²) in [5.74, 6) is 0.348. The van der Waals surface area contributed by atoms with Crippen molar-refractivity contribution in [3.63, 3.8) is 0 Å². The van der Waals surface area contributed by atoms with E-state index in [1.807, 2.05) is 24.3 Å². The van der Waals surface area contributed by atoms with Crippen LogP contribution in [0.2, 0.25) is 0 Å². The summed E-state index contributed by atoms with van der Waals surface area (Å²) in [6, 6.07) is 14.3. The van der Waals surface area contributed by atoms with Gasteiger partial charge in [-0.05, 0) is 64.1 Å². The van der Waals surface area contributed by atoms with E-state index in [9.17, 15) is 0 Å². The van der Waals surface area contributed by atoms with E-state index in [1.165, 1.54) is 0 Å². The molecule has 0 aromatic heterocycles. The molecule has 0 spiro atoms. The third kappa shape index (κ3) is 9.91. The smallest absolute Gasteiger partial charge is 0.133 e. The second-order valence-electron chi connectivity index (χ2n) is 7.57. The average Bonchev–Trinajstić information content (AvgIpc) is 2.60. The van der Waals surface area contributed by atoms with Crippen molar-refractivity contribution >= 4 is 84.0 Å². The van der Waals surface area contributed by atoms with Crippen LogP contribution >= 0.6 is 49.6 Å². The summed E-state index contributed by atoms with van der Waals surface area (Å²) in [7, 11) is 0. The van der Waals surface area contributed by atoms with E-state index in [2.05, 4.69) is 20.9 Å². The van der Waals surface area contributed by atoms with E-state index in [0.717, 1.165) is 0 Å². The molecule has 0 aliphatic carbocycles. The molecule has 0 aliphatic rings. The molecule has 0 heterocycles. The number of nitrogens with two attached hydrogens (primary N) is 2. The van der Waals surface area contributed by atoms with E-state index in [0.29, 0.717) is 22.7 Å². The van der Waals surface area contributed by atoms with Crippen molar-refractivity contribution in [1.29, 1.82) is 10.8 Å². The number of anilines is 4. The number of hydrogen-bond donors (Lipinski definition) is 6. The minimum absolute atomic E-state index is 0. The van der Waals surface area contributed by atoms with Crippen molar-refractivity contribution < 1.29 is 0 Å². The van der Waals surface area contributed by atoms with Gasteiger partial charge in [0.15, 0.2) is 0 Å². The summed E-state index contributed by atoms with van der Waals surface area (Å²) < 4.78 is 0. The SMILES string of the molecule is CC(C)(/N=N/C(C)(C)C(=N)Nc1cccc(N)c1)C(=N)Nc1cccc(N)c1.Cl.Cl.Cl.Cl. The Morgan fingerprint density at radius 3 is 1.28 bits per heavy atom. The Kier molecular flexibility index (Phi) is 15.0. The number of nitrogens with zero attached hydrogens (tertiary/aromatic N) is 2. The predicted octanol–water partition coefficient (Wildman–Crippen LogP) is 6.03. The fraction of sp³-hybridized carbons (Fsp3) is 0.300. The first-order valence-electron chi connectivity index (χ1n) is 8.87. The summed E-state index contributed by atoms with van der Waals surface area (Å²) in [5.41, 5.74) is 12.4. The van der Waals surface area contributed by atoms with E-state index >= 15 is 0 Å². The molecule has 0 saturated carbocycles. The number of benzene rings is 2. The highest BCUT2D eigenvalue weighted by Gasteiger charge is 2.28. The molecule has 0 atom stereocenters. The maximum atomic E-state index is 8.33. The van der Waals surface area contributed by atoms with Gasteiger partial charge in [0.25, 0.3) is 0 Å². The normalized spacial score (nSPS) is 10.5. The van der Waals surface area contributed by atoms with Crippen LogP contribution in [0.1, 0.15) is 27.7 Å². The van der Waals surface area contributed by atoms with Gasteiger partial charge >= 0.3 is 0 Å². The molecular formula is C20H32Cl4N8. The van der Waals surface area contributed by atoms with Crippen LogP contribution in [0.5, 0.6) is 0 Å². The monoisotopic (exact) mass is 524 g/mol. The number of nitrogen functional groups attached to an aromatic ring is 2. The summed E-state index contributed by atoms with van der Waals surface area (Å²) in [6.45, 7) is 7.12. The molecule has 0 aliphatic heterocycles. The summed E-state index contributed by atoms with van der Waals surface area (Å²) in [4.78, 5) is 0. The first-order valence-corrected chi connectivity index (χ1v) is 8.87. The quantitative estimate of drug-likeness (QED) is 0.118. The number of hydrogen-bond acceptors (Lipinski definition) is 6. The van der Waals surface area contributed by atoms with E-state index in [1.54, 1.807) is 52.0 Å². The van der Waals surface area contributed by atoms with Crippen LogP contribution in [0, 0.1) is 10.8 Å². The van der Waals surface area contributed by atoms with Gasteiger partial charge in [-0.25, -0.2) is 0 Å². The van der Waals surface area contributed by atoms with Gasteiger partial charge in [-0.3, -0.25) is 10.8 Å². The standard InChI is InChI=1S/C20H28N8.4ClH/c1-19(2,17(23)25-15-9-5-7-13(21)11-15)27-28-20(3,4)18(24)26-16-10-6-8-14(22)12-16;;;;/h5-12H,21-22H2,1-4H3,(H2,23,25)(H2,24,26);4*1H/b28-27+;;;;. The number of nitrogens with one attached hydrogen (secondary N) is 4. The van der Waals surface area contributed by atoms with Gasteiger partial charge in [-0.1, -0.05) is 12.1 Å². The summed E-state index contributed by atoms with van der Waals surface area (Å²) >= 11 is 0. The van der Waals surface area contributed by atoms with Crippen molar-refractivity contribution in [3.05, 3.63) is 48.5 Å². The Balaban J connectivity index is -0.00000210. The molecule has 0 radical (unpaired) electrons. The Bertz CT molecular complexity index is 842. The van der Waals surface area contributed by atoms with Gasteiger partial charge in [-0.15, -0.1) is 49.6 Å². The van der Waals surface area contributed by atoms with Gasteiger partial charge in [0, 0.05) is 22.7 Å². The zero-order valence-electron chi connectivity index (χ0n) is 18.3. The first-order chi connectivity index (χ1) is 13.0. The zero-order chi connectivity index (χ0) is 20.9. The highest BCUT2D eigenvalue weighted by molar-refractivity contribution is 6.01. The number of azo groups is 1. The minimum Gasteiger partial charge on any atom is -0.399 e. The topological polar surface area (TPSA) is 149 Å². The molecule has 0 fully saturated rings. The third-order valence-corrected chi connectivity index (χ3v) is 4.09. The van der Waals surface area contributed by atoms with Gasteiger partial charge in [0.2, 0.25) is 0 Å². The fourth-order valence-electron chi connectivity index (χ4n) is 2.18. The number of rotatable bonds is 6. The first kappa shape index (κ1) is 34.4. The lowest BCUT2D eigenvalue weighted by Gasteiger charge is -2.25. The van der Waals surface area contributed by atoms with Gasteiger partial charge in [0.05, 0.1) is 0 Å². The molecule has 32 heavy (non-hydrogen) atoms. The molecule has 180 valence electrons. The molecule has 2 aromatic carbocycles. The van der Waals surface area contributed by atoms with Crippen LogP contribution in [0.25, 0.3) is 0 Å². The maximum absolute atomic E-state index is 8.33. The minimum atomic E-state index is -0.903. The van der Waals surface area contributed by atoms with Crippen LogP contribution in [-0.4, -0.2) is 22.7 Å².